The molecule has 2 nitrogen and oxygen atoms in total. The maximum atomic E-state index is 8.53. The Labute approximate surface area is 62.9 Å². The van der Waals surface area contributed by atoms with E-state index < -0.39 is 0 Å². The molecule has 0 spiro atoms. The Balaban J connectivity index is 3.86. The van der Waals surface area contributed by atoms with Gasteiger partial charge in [0.05, 0.1) is 5.71 Å². The van der Waals surface area contributed by atoms with Crippen LogP contribution in [0.3, 0.4) is 0 Å². The molecule has 0 aromatic carbocycles. The molecule has 0 unspecified atom stereocenters. The fourth-order valence-electron chi connectivity index (χ4n) is 0.810. The van der Waals surface area contributed by atoms with Gasteiger partial charge in [0.15, 0.2) is 0 Å². The van der Waals surface area contributed by atoms with Gasteiger partial charge in [-0.25, -0.2) is 0 Å². The average molecular weight is 143 g/mol. The van der Waals surface area contributed by atoms with Gasteiger partial charge in [-0.15, -0.1) is 0 Å². The molecule has 0 atom stereocenters. The lowest BCUT2D eigenvalue weighted by atomic mass is 9.98. The van der Waals surface area contributed by atoms with E-state index in [0.717, 1.165) is 12.1 Å². The lowest BCUT2D eigenvalue weighted by Gasteiger charge is -2.09. The fourth-order valence-corrected chi connectivity index (χ4v) is 0.810. The minimum absolute atomic E-state index is 0.368. The Morgan fingerprint density at radius 2 is 1.80 bits per heavy atom. The first kappa shape index (κ1) is 9.47. The molecule has 0 saturated carbocycles. The zero-order valence-corrected chi connectivity index (χ0v) is 7.26. The number of hydrogen-bond donors (Lipinski definition) is 1. The van der Waals surface area contributed by atoms with Crippen molar-refractivity contribution in [2.45, 2.75) is 34.1 Å². The lowest BCUT2D eigenvalue weighted by molar-refractivity contribution is 0.313. The number of hydrogen-bond acceptors (Lipinski definition) is 2. The van der Waals surface area contributed by atoms with Crippen LogP contribution in [0.5, 0.6) is 0 Å². The molecule has 0 fully saturated rings. The molecular weight excluding hydrogens is 126 g/mol. The van der Waals surface area contributed by atoms with Crippen LogP contribution in [0, 0.1) is 11.8 Å². The van der Waals surface area contributed by atoms with E-state index in [4.69, 9.17) is 5.21 Å². The molecule has 0 heterocycles. The first-order chi connectivity index (χ1) is 4.57. The summed E-state index contributed by atoms with van der Waals surface area (Å²) in [5, 5.41) is 11.8. The molecule has 0 saturated heterocycles. The smallest absolute Gasteiger partial charge is 0.0598 e. The second-order valence-corrected chi connectivity index (χ2v) is 3.34. The van der Waals surface area contributed by atoms with Gasteiger partial charge >= 0.3 is 0 Å². The summed E-state index contributed by atoms with van der Waals surface area (Å²) in [5.41, 5.74) is 0.898. The second-order valence-electron chi connectivity index (χ2n) is 3.34. The Hall–Kier alpha value is -0.530. The topological polar surface area (TPSA) is 32.6 Å². The molecule has 0 aliphatic carbocycles. The Morgan fingerprint density at radius 1 is 1.30 bits per heavy atom. The van der Waals surface area contributed by atoms with Gasteiger partial charge in [0.25, 0.3) is 0 Å². The Morgan fingerprint density at radius 3 is 1.90 bits per heavy atom. The normalized spacial score (nSPS) is 13.2. The standard InChI is InChI=1S/C8H17NO/c1-6(2)5-8(9-10)7(3)4/h6-7,10H,5H2,1-4H3/b9-8+. The summed E-state index contributed by atoms with van der Waals surface area (Å²) in [6.07, 6.45) is 0.897. The van der Waals surface area contributed by atoms with Crippen molar-refractivity contribution in [3.8, 4) is 0 Å². The first-order valence-electron chi connectivity index (χ1n) is 3.78. The quantitative estimate of drug-likeness (QED) is 0.367. The molecule has 0 amide bonds. The van der Waals surface area contributed by atoms with Crippen LogP contribution in [-0.2, 0) is 0 Å². The molecule has 0 aliphatic heterocycles. The van der Waals surface area contributed by atoms with Crippen LogP contribution in [0.4, 0.5) is 0 Å². The van der Waals surface area contributed by atoms with Gasteiger partial charge in [0.2, 0.25) is 0 Å². The number of oxime groups is 1. The highest BCUT2D eigenvalue weighted by molar-refractivity contribution is 5.85. The van der Waals surface area contributed by atoms with E-state index in [-0.39, 0.29) is 0 Å². The average Bonchev–Trinajstić information content (AvgIpc) is 1.81. The molecule has 0 radical (unpaired) electrons. The molecule has 10 heavy (non-hydrogen) atoms. The van der Waals surface area contributed by atoms with Gasteiger partial charge in [0, 0.05) is 0 Å². The van der Waals surface area contributed by atoms with Crippen LogP contribution in [0.15, 0.2) is 5.16 Å². The van der Waals surface area contributed by atoms with Crippen molar-refractivity contribution in [1.82, 2.24) is 0 Å². The summed E-state index contributed by atoms with van der Waals surface area (Å²) in [4.78, 5) is 0. The minimum Gasteiger partial charge on any atom is -0.411 e. The van der Waals surface area contributed by atoms with E-state index in [9.17, 15) is 0 Å². The molecule has 1 N–H and O–H groups in total. The molecular formula is C8H17NO. The summed E-state index contributed by atoms with van der Waals surface area (Å²) >= 11 is 0. The maximum Gasteiger partial charge on any atom is 0.0598 e. The van der Waals surface area contributed by atoms with Crippen molar-refractivity contribution in [1.29, 1.82) is 0 Å². The van der Waals surface area contributed by atoms with Crippen LogP contribution in [0.25, 0.3) is 0 Å². The molecule has 2 heteroatoms. The number of rotatable bonds is 3. The highest BCUT2D eigenvalue weighted by Crippen LogP contribution is 2.08. The van der Waals surface area contributed by atoms with Crippen molar-refractivity contribution in [3.63, 3.8) is 0 Å². The Kier molecular flexibility index (Phi) is 4.08. The van der Waals surface area contributed by atoms with Crippen molar-refractivity contribution < 1.29 is 5.21 Å². The number of nitrogens with zero attached hydrogens (tertiary/aromatic N) is 1. The summed E-state index contributed by atoms with van der Waals surface area (Å²) < 4.78 is 0. The molecule has 0 aromatic rings. The van der Waals surface area contributed by atoms with E-state index in [1.165, 1.54) is 0 Å². The van der Waals surface area contributed by atoms with Gasteiger partial charge in [-0.3, -0.25) is 0 Å². The first-order valence-corrected chi connectivity index (χ1v) is 3.78. The SMILES string of the molecule is CC(C)C/C(=N\O)C(C)C. The van der Waals surface area contributed by atoms with Crippen molar-refractivity contribution in [2.24, 2.45) is 17.0 Å². The summed E-state index contributed by atoms with van der Waals surface area (Å²) in [7, 11) is 0. The van der Waals surface area contributed by atoms with Crippen LogP contribution in [-0.4, -0.2) is 10.9 Å². The van der Waals surface area contributed by atoms with Crippen molar-refractivity contribution in [2.75, 3.05) is 0 Å². The third kappa shape index (κ3) is 3.49. The van der Waals surface area contributed by atoms with Crippen LogP contribution >= 0.6 is 0 Å². The van der Waals surface area contributed by atoms with Gasteiger partial charge in [-0.05, 0) is 18.3 Å². The lowest BCUT2D eigenvalue weighted by Crippen LogP contribution is -2.10. The van der Waals surface area contributed by atoms with Gasteiger partial charge in [-0.1, -0.05) is 32.9 Å². The van der Waals surface area contributed by atoms with E-state index in [1.807, 2.05) is 13.8 Å². The monoisotopic (exact) mass is 143 g/mol. The maximum absolute atomic E-state index is 8.53. The van der Waals surface area contributed by atoms with Crippen LogP contribution in [0.2, 0.25) is 0 Å². The van der Waals surface area contributed by atoms with Gasteiger partial charge < -0.3 is 5.21 Å². The predicted octanol–water partition coefficient (Wildman–Crippen LogP) is 2.52. The third-order valence-electron chi connectivity index (χ3n) is 1.41. The molecule has 60 valence electrons. The molecule has 0 rings (SSSR count). The minimum atomic E-state index is 0.368. The van der Waals surface area contributed by atoms with E-state index in [1.54, 1.807) is 0 Å². The zero-order chi connectivity index (χ0) is 8.15. The molecule has 0 bridgehead atoms. The van der Waals surface area contributed by atoms with Crippen LogP contribution < -0.4 is 0 Å². The highest BCUT2D eigenvalue weighted by atomic mass is 16.4. The van der Waals surface area contributed by atoms with Gasteiger partial charge in [0.1, 0.15) is 0 Å². The second kappa shape index (κ2) is 4.31. The van der Waals surface area contributed by atoms with E-state index in [0.29, 0.717) is 11.8 Å². The summed E-state index contributed by atoms with van der Waals surface area (Å²) in [6, 6.07) is 0. The summed E-state index contributed by atoms with van der Waals surface area (Å²) in [6.45, 7) is 8.32. The van der Waals surface area contributed by atoms with E-state index in [2.05, 4.69) is 19.0 Å². The molecule has 0 aliphatic rings. The largest absolute Gasteiger partial charge is 0.411 e. The van der Waals surface area contributed by atoms with Gasteiger partial charge in [-0.2, -0.15) is 0 Å². The van der Waals surface area contributed by atoms with E-state index >= 15 is 0 Å². The Bertz CT molecular complexity index is 116. The summed E-state index contributed by atoms with van der Waals surface area (Å²) in [5.74, 6) is 0.945. The highest BCUT2D eigenvalue weighted by Gasteiger charge is 2.07. The van der Waals surface area contributed by atoms with Crippen LogP contribution in [0.1, 0.15) is 34.1 Å². The molecule has 0 aromatic heterocycles. The third-order valence-corrected chi connectivity index (χ3v) is 1.41. The van der Waals surface area contributed by atoms with Crippen molar-refractivity contribution in [3.05, 3.63) is 0 Å². The fraction of sp³-hybridized carbons (Fsp3) is 0.875. The zero-order valence-electron chi connectivity index (χ0n) is 7.26. The van der Waals surface area contributed by atoms with Crippen molar-refractivity contribution >= 4 is 5.71 Å². The predicted molar refractivity (Wildman–Crippen MR) is 43.5 cm³/mol.